The molecule has 0 unspecified atom stereocenters. The van der Waals surface area contributed by atoms with Crippen LogP contribution in [-0.4, -0.2) is 22.4 Å². The molecule has 2 heterocycles. The normalized spacial score (nSPS) is 10.1. The Kier molecular flexibility index (Phi) is 4.80. The molecular weight excluding hydrogens is 258 g/mol. The second-order valence-electron chi connectivity index (χ2n) is 3.96. The highest BCUT2D eigenvalue weighted by Gasteiger charge is 2.06. The van der Waals surface area contributed by atoms with E-state index in [1.165, 1.54) is 0 Å². The van der Waals surface area contributed by atoms with Gasteiger partial charge in [-0.25, -0.2) is 4.98 Å². The molecule has 2 aromatic heterocycles. The predicted molar refractivity (Wildman–Crippen MR) is 76.9 cm³/mol. The number of amides is 1. The maximum absolute atomic E-state index is 11.5. The lowest BCUT2D eigenvalue weighted by Crippen LogP contribution is -2.23. The van der Waals surface area contributed by atoms with Crippen LogP contribution in [0.1, 0.15) is 11.4 Å². The smallest absolute Gasteiger partial charge is 0.220 e. The summed E-state index contributed by atoms with van der Waals surface area (Å²) in [6, 6.07) is 3.85. The number of aromatic nitrogens is 2. The molecule has 0 spiro atoms. The minimum atomic E-state index is 0.0283. The second-order valence-corrected chi connectivity index (χ2v) is 4.90. The molecule has 2 rings (SSSR count). The summed E-state index contributed by atoms with van der Waals surface area (Å²) >= 11 is 1.58. The molecule has 1 N–H and O–H groups in total. The summed E-state index contributed by atoms with van der Waals surface area (Å²) in [7, 11) is 0. The topological polar surface area (TPSA) is 54.9 Å². The molecule has 0 aliphatic heterocycles. The first-order valence-corrected chi connectivity index (χ1v) is 6.90. The minimum absolute atomic E-state index is 0.0283. The van der Waals surface area contributed by atoms with Gasteiger partial charge in [-0.05, 0) is 12.1 Å². The van der Waals surface area contributed by atoms with Crippen molar-refractivity contribution in [2.24, 2.45) is 0 Å². The summed E-state index contributed by atoms with van der Waals surface area (Å²) in [6.07, 6.45) is 6.28. The van der Waals surface area contributed by atoms with Crippen LogP contribution in [0.15, 0.2) is 42.6 Å². The monoisotopic (exact) mass is 273 g/mol. The third kappa shape index (κ3) is 3.99. The third-order valence-corrected chi connectivity index (χ3v) is 3.45. The molecule has 1 amide bonds. The fourth-order valence-corrected chi connectivity index (χ4v) is 2.38. The van der Waals surface area contributed by atoms with Crippen molar-refractivity contribution in [1.29, 1.82) is 0 Å². The van der Waals surface area contributed by atoms with Crippen molar-refractivity contribution in [3.63, 3.8) is 0 Å². The van der Waals surface area contributed by atoms with Crippen LogP contribution in [0.3, 0.4) is 0 Å². The lowest BCUT2D eigenvalue weighted by atomic mass is 10.2. The highest BCUT2D eigenvalue weighted by atomic mass is 32.1. The summed E-state index contributed by atoms with van der Waals surface area (Å²) in [4.78, 5) is 20.0. The van der Waals surface area contributed by atoms with E-state index < -0.39 is 0 Å². The largest absolute Gasteiger partial charge is 0.353 e. The summed E-state index contributed by atoms with van der Waals surface area (Å²) in [6.45, 7) is 4.07. The summed E-state index contributed by atoms with van der Waals surface area (Å²) in [5, 5.41) is 5.73. The molecule has 0 radical (unpaired) electrons. The number of thiazole rings is 1. The van der Waals surface area contributed by atoms with E-state index in [9.17, 15) is 4.79 Å². The quantitative estimate of drug-likeness (QED) is 0.822. The number of aryl methyl sites for hydroxylation is 1. The van der Waals surface area contributed by atoms with Gasteiger partial charge in [0.25, 0.3) is 0 Å². The molecule has 0 aliphatic rings. The summed E-state index contributed by atoms with van der Waals surface area (Å²) in [5.74, 6) is 0.0283. The lowest BCUT2D eigenvalue weighted by molar-refractivity contribution is -0.120. The molecule has 19 heavy (non-hydrogen) atoms. The predicted octanol–water partition coefficient (Wildman–Crippen LogP) is 2.44. The number of carbonyl (C=O) groups is 1. The summed E-state index contributed by atoms with van der Waals surface area (Å²) < 4.78 is 0. The Morgan fingerprint density at radius 2 is 2.21 bits per heavy atom. The summed E-state index contributed by atoms with van der Waals surface area (Å²) in [5.41, 5.74) is 1.99. The van der Waals surface area contributed by atoms with Crippen molar-refractivity contribution in [3.05, 3.63) is 47.6 Å². The molecule has 5 heteroatoms. The first-order valence-electron chi connectivity index (χ1n) is 6.02. The van der Waals surface area contributed by atoms with Crippen LogP contribution in [0, 0.1) is 0 Å². The molecule has 0 atom stereocenters. The number of hydrogen-bond acceptors (Lipinski definition) is 4. The van der Waals surface area contributed by atoms with E-state index in [1.807, 2.05) is 17.5 Å². The zero-order valence-corrected chi connectivity index (χ0v) is 11.3. The number of hydrogen-bond donors (Lipinski definition) is 1. The van der Waals surface area contributed by atoms with Crippen molar-refractivity contribution in [2.45, 2.75) is 12.8 Å². The molecule has 0 saturated carbocycles. The van der Waals surface area contributed by atoms with Crippen molar-refractivity contribution < 1.29 is 4.79 Å². The van der Waals surface area contributed by atoms with Crippen LogP contribution in [0.2, 0.25) is 0 Å². The first kappa shape index (κ1) is 13.4. The molecular formula is C14H15N3OS. The van der Waals surface area contributed by atoms with Crippen molar-refractivity contribution in [2.75, 3.05) is 6.54 Å². The van der Waals surface area contributed by atoms with Crippen LogP contribution in [0.25, 0.3) is 11.3 Å². The van der Waals surface area contributed by atoms with E-state index in [2.05, 4.69) is 21.9 Å². The molecule has 4 nitrogen and oxygen atoms in total. The van der Waals surface area contributed by atoms with Crippen molar-refractivity contribution in [3.8, 4) is 11.3 Å². The molecule has 98 valence electrons. The number of nitrogens with zero attached hydrogens (tertiary/aromatic N) is 2. The average molecular weight is 273 g/mol. The van der Waals surface area contributed by atoms with E-state index in [0.717, 1.165) is 16.3 Å². The Morgan fingerprint density at radius 3 is 2.95 bits per heavy atom. The van der Waals surface area contributed by atoms with Gasteiger partial charge in [0.2, 0.25) is 5.91 Å². The van der Waals surface area contributed by atoms with Gasteiger partial charge >= 0.3 is 0 Å². The fourth-order valence-electron chi connectivity index (χ4n) is 1.58. The van der Waals surface area contributed by atoms with E-state index >= 15 is 0 Å². The maximum atomic E-state index is 11.5. The molecule has 0 saturated heterocycles. The number of nitrogens with one attached hydrogen (secondary N) is 1. The lowest BCUT2D eigenvalue weighted by Gasteiger charge is -2.00. The number of rotatable bonds is 6. The third-order valence-electron chi connectivity index (χ3n) is 2.54. The van der Waals surface area contributed by atoms with Crippen LogP contribution in [0.5, 0.6) is 0 Å². The van der Waals surface area contributed by atoms with Gasteiger partial charge in [0, 0.05) is 42.7 Å². The van der Waals surface area contributed by atoms with Gasteiger partial charge in [-0.2, -0.15) is 0 Å². The zero-order chi connectivity index (χ0) is 13.5. The maximum Gasteiger partial charge on any atom is 0.220 e. The first-order chi connectivity index (χ1) is 9.29. The van der Waals surface area contributed by atoms with Gasteiger partial charge in [-0.15, -0.1) is 17.9 Å². The molecule has 0 aliphatic carbocycles. The molecule has 2 aromatic rings. The Bertz CT molecular complexity index is 551. The van der Waals surface area contributed by atoms with Gasteiger partial charge in [0.05, 0.1) is 10.7 Å². The highest BCUT2D eigenvalue weighted by molar-refractivity contribution is 7.09. The van der Waals surface area contributed by atoms with Gasteiger partial charge in [-0.1, -0.05) is 6.08 Å². The van der Waals surface area contributed by atoms with E-state index in [1.54, 1.807) is 29.8 Å². The van der Waals surface area contributed by atoms with E-state index in [0.29, 0.717) is 19.4 Å². The van der Waals surface area contributed by atoms with Gasteiger partial charge in [0.1, 0.15) is 0 Å². The number of pyridine rings is 1. The van der Waals surface area contributed by atoms with Crippen molar-refractivity contribution >= 4 is 17.2 Å². The minimum Gasteiger partial charge on any atom is -0.353 e. The van der Waals surface area contributed by atoms with Crippen LogP contribution >= 0.6 is 11.3 Å². The highest BCUT2D eigenvalue weighted by Crippen LogP contribution is 2.21. The Balaban J connectivity index is 1.91. The van der Waals surface area contributed by atoms with Gasteiger partial charge in [0.15, 0.2) is 0 Å². The number of carbonyl (C=O) groups excluding carboxylic acids is 1. The molecule has 0 fully saturated rings. The Hall–Kier alpha value is -2.01. The van der Waals surface area contributed by atoms with Crippen LogP contribution in [-0.2, 0) is 11.2 Å². The van der Waals surface area contributed by atoms with Crippen molar-refractivity contribution in [1.82, 2.24) is 15.3 Å². The van der Waals surface area contributed by atoms with Gasteiger partial charge < -0.3 is 5.32 Å². The SMILES string of the molecule is C=CCNC(=O)CCc1nc(-c2ccncc2)cs1. The zero-order valence-electron chi connectivity index (χ0n) is 10.5. The standard InChI is InChI=1S/C14H15N3OS/c1-2-7-16-13(18)3-4-14-17-12(10-19-14)11-5-8-15-9-6-11/h2,5-6,8-10H,1,3-4,7H2,(H,16,18). The van der Waals surface area contributed by atoms with Gasteiger partial charge in [-0.3, -0.25) is 9.78 Å². The molecule has 0 aromatic carbocycles. The van der Waals surface area contributed by atoms with Crippen LogP contribution < -0.4 is 5.32 Å². The fraction of sp³-hybridized carbons (Fsp3) is 0.214. The second kappa shape index (κ2) is 6.80. The van der Waals surface area contributed by atoms with Crippen LogP contribution in [0.4, 0.5) is 0 Å². The Morgan fingerprint density at radius 1 is 1.42 bits per heavy atom. The molecule has 0 bridgehead atoms. The average Bonchev–Trinajstić information content (AvgIpc) is 2.93. The van der Waals surface area contributed by atoms with E-state index in [-0.39, 0.29) is 5.91 Å². The Labute approximate surface area is 116 Å². The van der Waals surface area contributed by atoms with E-state index in [4.69, 9.17) is 0 Å².